The zero-order chi connectivity index (χ0) is 31.6. The molecule has 39 heavy (non-hydrogen) atoms. The van der Waals surface area contributed by atoms with Gasteiger partial charge in [0.05, 0.1) is 11.3 Å². The molecule has 0 fully saturated rings. The first kappa shape index (κ1) is 23.4. The lowest BCUT2D eigenvalue weighted by Crippen LogP contribution is -2.28. The molecule has 2 aromatic heterocycles. The SMILES string of the molecule is [2H]C1([2H])CCCCCN(C([2H])([2H])CCC(C)=O)c2cccc(n2)S(=O)(=O)Nc2ccc(C(F)(F)F)c(n2)-c2ccccc21. The molecule has 1 aliphatic heterocycles. The van der Waals surface area contributed by atoms with E-state index in [1.54, 1.807) is 0 Å². The Hall–Kier alpha value is -3.47. The maximum Gasteiger partial charge on any atom is 0.418 e. The number of fused-ring (bicyclic) bond motifs is 6. The minimum atomic E-state index is -4.86. The third-order valence-corrected chi connectivity index (χ3v) is 7.29. The smallest absolute Gasteiger partial charge is 0.357 e. The number of carbonyl (C=O) groups is 1. The number of nitrogens with one attached hydrogen (secondary N) is 1. The highest BCUT2D eigenvalue weighted by Gasteiger charge is 2.35. The second kappa shape index (κ2) is 12.1. The van der Waals surface area contributed by atoms with E-state index in [1.165, 1.54) is 48.2 Å². The molecule has 4 rings (SSSR count). The van der Waals surface area contributed by atoms with Crippen molar-refractivity contribution in [1.82, 2.24) is 9.97 Å². The number of benzene rings is 1. The Labute approximate surface area is 232 Å². The molecule has 0 saturated heterocycles. The number of nitrogens with zero attached hydrogens (tertiary/aromatic N) is 3. The van der Waals surface area contributed by atoms with Crippen LogP contribution in [0.2, 0.25) is 0 Å². The van der Waals surface area contributed by atoms with Crippen LogP contribution in [0.1, 0.15) is 62.1 Å². The highest BCUT2D eigenvalue weighted by atomic mass is 32.2. The first-order valence-electron chi connectivity index (χ1n) is 14.5. The lowest BCUT2D eigenvalue weighted by atomic mass is 9.96. The van der Waals surface area contributed by atoms with E-state index in [-0.39, 0.29) is 48.5 Å². The number of aromatic nitrogens is 2. The fourth-order valence-electron chi connectivity index (χ4n) is 4.12. The van der Waals surface area contributed by atoms with Crippen LogP contribution in [-0.4, -0.2) is 37.2 Å². The first-order valence-corrected chi connectivity index (χ1v) is 13.9. The van der Waals surface area contributed by atoms with Crippen molar-refractivity contribution in [1.29, 1.82) is 0 Å². The van der Waals surface area contributed by atoms with Crippen LogP contribution in [-0.2, 0) is 27.4 Å². The number of aryl methyl sites for hydroxylation is 1. The molecule has 1 N–H and O–H groups in total. The second-order valence-corrected chi connectivity index (χ2v) is 10.7. The number of ketones is 1. The number of alkyl halides is 3. The van der Waals surface area contributed by atoms with Crippen LogP contribution in [0.25, 0.3) is 11.3 Å². The molecule has 11 heteroatoms. The van der Waals surface area contributed by atoms with Crippen LogP contribution >= 0.6 is 0 Å². The van der Waals surface area contributed by atoms with E-state index in [4.69, 9.17) is 5.48 Å². The zero-order valence-electron chi connectivity index (χ0n) is 25.3. The van der Waals surface area contributed by atoms with Gasteiger partial charge < -0.3 is 9.69 Å². The van der Waals surface area contributed by atoms with Gasteiger partial charge >= 0.3 is 6.18 Å². The van der Waals surface area contributed by atoms with Crippen LogP contribution < -0.4 is 9.62 Å². The Morgan fingerprint density at radius 1 is 1.05 bits per heavy atom. The van der Waals surface area contributed by atoms with Gasteiger partial charge in [0, 0.05) is 30.5 Å². The van der Waals surface area contributed by atoms with Crippen molar-refractivity contribution >= 4 is 27.4 Å². The van der Waals surface area contributed by atoms with Gasteiger partial charge in [-0.05, 0) is 62.4 Å². The van der Waals surface area contributed by atoms with Crippen molar-refractivity contribution in [3.05, 3.63) is 65.7 Å². The van der Waals surface area contributed by atoms with Crippen LogP contribution in [0.15, 0.2) is 59.6 Å². The molecule has 3 aromatic rings. The molecule has 0 radical (unpaired) electrons. The average Bonchev–Trinajstić information content (AvgIpc) is 2.92. The summed E-state index contributed by atoms with van der Waals surface area (Å²) in [6, 6.07) is 11.2. The van der Waals surface area contributed by atoms with Crippen LogP contribution in [0.4, 0.5) is 24.8 Å². The maximum atomic E-state index is 14.1. The number of hydrogen-bond donors (Lipinski definition) is 1. The Morgan fingerprint density at radius 3 is 2.59 bits per heavy atom. The number of hydrogen-bond acceptors (Lipinski definition) is 6. The van der Waals surface area contributed by atoms with E-state index in [2.05, 4.69) is 14.7 Å². The summed E-state index contributed by atoms with van der Waals surface area (Å²) in [5, 5.41) is -0.512. The van der Waals surface area contributed by atoms with Crippen LogP contribution in [0.3, 0.4) is 0 Å². The fraction of sp³-hybridized carbons (Fsp3) is 0.393. The van der Waals surface area contributed by atoms with Gasteiger partial charge in [0.1, 0.15) is 17.4 Å². The van der Waals surface area contributed by atoms with Crippen LogP contribution in [0, 0.1) is 0 Å². The van der Waals surface area contributed by atoms with Crippen molar-refractivity contribution in [2.45, 2.75) is 63.0 Å². The Kier molecular flexibility index (Phi) is 7.30. The topological polar surface area (TPSA) is 92.3 Å². The molecule has 208 valence electrons. The van der Waals surface area contributed by atoms with Gasteiger partial charge in [0.2, 0.25) is 0 Å². The summed E-state index contributed by atoms with van der Waals surface area (Å²) in [5.41, 5.74) is -1.91. The predicted octanol–water partition coefficient (Wildman–Crippen LogP) is 6.26. The van der Waals surface area contributed by atoms with Gasteiger partial charge in [-0.25, -0.2) is 9.97 Å². The molecular formula is C28H31F3N4O3S. The molecule has 0 unspecified atom stereocenters. The molecule has 0 atom stereocenters. The Morgan fingerprint density at radius 2 is 1.82 bits per heavy atom. The summed E-state index contributed by atoms with van der Waals surface area (Å²) in [6.45, 7) is -0.641. The van der Waals surface area contributed by atoms with Gasteiger partial charge in [-0.3, -0.25) is 4.72 Å². The van der Waals surface area contributed by atoms with E-state index >= 15 is 0 Å². The summed E-state index contributed by atoms with van der Waals surface area (Å²) in [7, 11) is -4.52. The molecular weight excluding hydrogens is 529 g/mol. The molecule has 0 spiro atoms. The van der Waals surface area contributed by atoms with E-state index in [0.29, 0.717) is 25.3 Å². The van der Waals surface area contributed by atoms with Crippen molar-refractivity contribution in [3.8, 4) is 11.3 Å². The van der Waals surface area contributed by atoms with Crippen molar-refractivity contribution in [2.24, 2.45) is 0 Å². The number of halogens is 3. The maximum absolute atomic E-state index is 14.1. The number of pyridine rings is 2. The number of carbonyl (C=O) groups excluding carboxylic acids is 1. The van der Waals surface area contributed by atoms with Gasteiger partial charge in [0.25, 0.3) is 10.0 Å². The molecule has 0 aliphatic carbocycles. The quantitative estimate of drug-likeness (QED) is 0.403. The van der Waals surface area contributed by atoms with E-state index < -0.39 is 51.2 Å². The molecule has 1 aromatic carbocycles. The van der Waals surface area contributed by atoms with Crippen molar-refractivity contribution in [3.63, 3.8) is 0 Å². The lowest BCUT2D eigenvalue weighted by molar-refractivity contribution is -0.137. The summed E-state index contributed by atoms with van der Waals surface area (Å²) in [6.07, 6.45) is -6.05. The summed E-state index contributed by atoms with van der Waals surface area (Å²) in [5.74, 6) is -0.665. The first-order chi connectivity index (χ1) is 20.0. The Balaban J connectivity index is 1.87. The standard InChI is InChI=1S/C28H31F3N4O3S/c1-20(36)10-9-19-35-18-7-3-2-4-11-21-12-5-6-13-22(21)27-23(28(29,30)31)16-17-24(32-27)34-39(37,38)26-15-8-14-25(35)33-26/h5-6,8,12-17H,2-4,7,9-11,18-19H2,1H3,(H,32,34)/i11D2,19D2. The summed E-state index contributed by atoms with van der Waals surface area (Å²) >= 11 is 0. The van der Waals surface area contributed by atoms with Gasteiger partial charge in [-0.15, -0.1) is 0 Å². The minimum absolute atomic E-state index is 0.00968. The number of Topliss-reactive ketones (excluding diaryl/α,β-unsaturated/α-hetero) is 1. The predicted molar refractivity (Wildman–Crippen MR) is 144 cm³/mol. The number of rotatable bonds is 4. The van der Waals surface area contributed by atoms with Gasteiger partial charge in [0.15, 0.2) is 5.03 Å². The monoisotopic (exact) mass is 564 g/mol. The Bertz CT molecular complexity index is 1600. The lowest BCUT2D eigenvalue weighted by Gasteiger charge is -2.24. The third kappa shape index (κ3) is 7.35. The minimum Gasteiger partial charge on any atom is -0.357 e. The number of sulfonamides is 1. The molecule has 4 bridgehead atoms. The average molecular weight is 565 g/mol. The molecule has 7 nitrogen and oxygen atoms in total. The highest BCUT2D eigenvalue weighted by Crippen LogP contribution is 2.38. The number of anilines is 2. The zero-order valence-corrected chi connectivity index (χ0v) is 22.1. The molecule has 0 saturated carbocycles. The fourth-order valence-corrected chi connectivity index (χ4v) is 5.09. The van der Waals surface area contributed by atoms with Crippen molar-refractivity contribution < 1.29 is 31.9 Å². The summed E-state index contributed by atoms with van der Waals surface area (Å²) < 4.78 is 106. The third-order valence-electron chi connectivity index (χ3n) is 6.04. The van der Waals surface area contributed by atoms with E-state index in [9.17, 15) is 26.4 Å². The summed E-state index contributed by atoms with van der Waals surface area (Å²) in [4.78, 5) is 21.1. The highest BCUT2D eigenvalue weighted by molar-refractivity contribution is 7.92. The molecule has 3 heterocycles. The van der Waals surface area contributed by atoms with Gasteiger partial charge in [-0.1, -0.05) is 43.2 Å². The molecule has 0 amide bonds. The van der Waals surface area contributed by atoms with Gasteiger partial charge in [-0.2, -0.15) is 21.6 Å². The van der Waals surface area contributed by atoms with E-state index in [0.717, 1.165) is 12.1 Å². The van der Waals surface area contributed by atoms with E-state index in [1.807, 2.05) is 0 Å². The second-order valence-electron chi connectivity index (χ2n) is 9.07. The normalized spacial score (nSPS) is 19.2. The largest absolute Gasteiger partial charge is 0.418 e. The van der Waals surface area contributed by atoms with Crippen molar-refractivity contribution in [2.75, 3.05) is 22.7 Å². The molecule has 1 aliphatic rings. The van der Waals surface area contributed by atoms with Crippen LogP contribution in [0.5, 0.6) is 0 Å².